The van der Waals surface area contributed by atoms with Crippen molar-refractivity contribution in [3.05, 3.63) is 23.5 Å². The van der Waals surface area contributed by atoms with Crippen LogP contribution >= 0.6 is 11.6 Å². The van der Waals surface area contributed by atoms with Crippen LogP contribution in [-0.4, -0.2) is 36.1 Å². The molecule has 1 rings (SSSR count). The van der Waals surface area contributed by atoms with E-state index in [1.54, 1.807) is 5.32 Å². The quantitative estimate of drug-likeness (QED) is 0.529. The van der Waals surface area contributed by atoms with Gasteiger partial charge in [-0.1, -0.05) is 11.6 Å². The van der Waals surface area contributed by atoms with Gasteiger partial charge in [-0.2, -0.15) is 13.2 Å². The Morgan fingerprint density at radius 3 is 2.60 bits per heavy atom. The first-order chi connectivity index (χ1) is 9.24. The predicted molar refractivity (Wildman–Crippen MR) is 66.9 cm³/mol. The number of halogens is 4. The van der Waals surface area contributed by atoms with Crippen LogP contribution in [0.25, 0.3) is 0 Å². The van der Waals surface area contributed by atoms with Gasteiger partial charge in [0.1, 0.15) is 16.7 Å². The lowest BCUT2D eigenvalue weighted by Crippen LogP contribution is -2.46. The molecule has 5 nitrogen and oxygen atoms in total. The molecule has 1 heterocycles. The van der Waals surface area contributed by atoms with Crippen molar-refractivity contribution in [2.24, 2.45) is 4.99 Å². The number of alkyl halides is 3. The van der Waals surface area contributed by atoms with E-state index in [4.69, 9.17) is 16.3 Å². The number of aliphatic imine (C=N–C) groups is 1. The summed E-state index contributed by atoms with van der Waals surface area (Å²) in [5.74, 6) is -2.07. The molecule has 110 valence electrons. The third-order valence-corrected chi connectivity index (χ3v) is 2.36. The second kappa shape index (κ2) is 6.56. The molecule has 1 atom stereocenters. The lowest BCUT2D eigenvalue weighted by atomic mass is 10.3. The minimum Gasteiger partial charge on any atom is -0.481 e. The normalized spacial score (nSPS) is 13.8. The number of hydrogen-bond donors (Lipinski definition) is 1. The van der Waals surface area contributed by atoms with Gasteiger partial charge in [0.2, 0.25) is 0 Å². The fraction of sp³-hybridized carbons (Fsp3) is 0.364. The molecule has 0 fully saturated rings. The van der Waals surface area contributed by atoms with Crippen molar-refractivity contribution >= 4 is 23.3 Å². The van der Waals surface area contributed by atoms with Gasteiger partial charge in [-0.15, -0.1) is 0 Å². The summed E-state index contributed by atoms with van der Waals surface area (Å²) >= 11 is 5.58. The van der Waals surface area contributed by atoms with Crippen molar-refractivity contribution in [1.29, 1.82) is 0 Å². The van der Waals surface area contributed by atoms with Crippen molar-refractivity contribution in [2.75, 3.05) is 7.05 Å². The van der Waals surface area contributed by atoms with Crippen LogP contribution in [0, 0.1) is 0 Å². The first kappa shape index (κ1) is 16.2. The lowest BCUT2D eigenvalue weighted by Gasteiger charge is -2.17. The van der Waals surface area contributed by atoms with Gasteiger partial charge < -0.3 is 10.1 Å². The molecule has 1 N–H and O–H groups in total. The van der Waals surface area contributed by atoms with Gasteiger partial charge in [0.25, 0.3) is 0 Å². The van der Waals surface area contributed by atoms with Crippen molar-refractivity contribution < 1.29 is 22.7 Å². The molecular weight excluding hydrogens is 299 g/mol. The summed E-state index contributed by atoms with van der Waals surface area (Å²) in [6.45, 7) is 1.44. The number of carbonyl (C=O) groups excluding carboxylic acids is 1. The molecule has 0 aromatic carbocycles. The number of aromatic nitrogens is 1. The molecule has 9 heteroatoms. The molecule has 0 saturated heterocycles. The van der Waals surface area contributed by atoms with Crippen LogP contribution in [0.2, 0.25) is 5.15 Å². The number of carbonyl (C=O) groups is 1. The smallest absolute Gasteiger partial charge is 0.471 e. The third-order valence-electron chi connectivity index (χ3n) is 2.14. The van der Waals surface area contributed by atoms with Crippen LogP contribution in [0.1, 0.15) is 6.92 Å². The van der Waals surface area contributed by atoms with E-state index in [9.17, 15) is 18.0 Å². The average Bonchev–Trinajstić information content (AvgIpc) is 2.37. The molecule has 1 unspecified atom stereocenters. The predicted octanol–water partition coefficient (Wildman–Crippen LogP) is 2.21. The van der Waals surface area contributed by atoms with E-state index >= 15 is 0 Å². The molecule has 0 saturated carbocycles. The maximum absolute atomic E-state index is 12.1. The van der Waals surface area contributed by atoms with Crippen molar-refractivity contribution in [1.82, 2.24) is 10.3 Å². The minimum atomic E-state index is -4.99. The molecule has 20 heavy (non-hydrogen) atoms. The van der Waals surface area contributed by atoms with E-state index in [1.165, 1.54) is 32.3 Å². The molecule has 0 spiro atoms. The number of amidine groups is 1. The average molecular weight is 310 g/mol. The maximum Gasteiger partial charge on any atom is 0.471 e. The number of ether oxygens (including phenoxy) is 1. The van der Waals surface area contributed by atoms with Crippen LogP contribution in [0.15, 0.2) is 23.3 Å². The molecule has 0 bridgehead atoms. The monoisotopic (exact) mass is 309 g/mol. The largest absolute Gasteiger partial charge is 0.481 e. The Morgan fingerprint density at radius 2 is 2.15 bits per heavy atom. The van der Waals surface area contributed by atoms with Crippen LogP contribution < -0.4 is 10.1 Å². The van der Waals surface area contributed by atoms with Crippen molar-refractivity contribution in [2.45, 2.75) is 19.2 Å². The SMILES string of the molecule is CN=C(NC(=O)C(F)(F)F)C(C)Oc1ccc(Cl)nc1. The number of nitrogens with zero attached hydrogens (tertiary/aromatic N) is 2. The van der Waals surface area contributed by atoms with E-state index in [0.29, 0.717) is 0 Å². The highest BCUT2D eigenvalue weighted by atomic mass is 35.5. The van der Waals surface area contributed by atoms with Gasteiger partial charge in [-0.05, 0) is 19.1 Å². The number of hydrogen-bond acceptors (Lipinski definition) is 4. The summed E-state index contributed by atoms with van der Waals surface area (Å²) in [5, 5.41) is 1.90. The molecule has 1 aromatic rings. The Bertz CT molecular complexity index is 503. The summed E-state index contributed by atoms with van der Waals surface area (Å²) in [4.78, 5) is 18.2. The van der Waals surface area contributed by atoms with Gasteiger partial charge in [-0.25, -0.2) is 4.98 Å². The zero-order chi connectivity index (χ0) is 15.3. The van der Waals surface area contributed by atoms with E-state index in [2.05, 4.69) is 9.98 Å². The Morgan fingerprint density at radius 1 is 1.50 bits per heavy atom. The number of rotatable bonds is 3. The maximum atomic E-state index is 12.1. The summed E-state index contributed by atoms with van der Waals surface area (Å²) in [6.07, 6.45) is -4.58. The number of pyridine rings is 1. The van der Waals surface area contributed by atoms with Crippen molar-refractivity contribution in [3.8, 4) is 5.75 Å². The van der Waals surface area contributed by atoms with E-state index in [1.807, 2.05) is 0 Å². The van der Waals surface area contributed by atoms with Gasteiger partial charge >= 0.3 is 12.1 Å². The molecular formula is C11H11ClF3N3O2. The summed E-state index contributed by atoms with van der Waals surface area (Å²) in [7, 11) is 1.24. The van der Waals surface area contributed by atoms with Crippen LogP contribution in [0.4, 0.5) is 13.2 Å². The van der Waals surface area contributed by atoms with Crippen LogP contribution in [0.5, 0.6) is 5.75 Å². The van der Waals surface area contributed by atoms with Crippen LogP contribution in [0.3, 0.4) is 0 Å². The van der Waals surface area contributed by atoms with Crippen molar-refractivity contribution in [3.63, 3.8) is 0 Å². The summed E-state index contributed by atoms with van der Waals surface area (Å²) in [5.41, 5.74) is 0. The summed E-state index contributed by atoms with van der Waals surface area (Å²) < 4.78 is 41.7. The molecule has 1 amide bonds. The number of nitrogens with one attached hydrogen (secondary N) is 1. The fourth-order valence-electron chi connectivity index (χ4n) is 1.22. The fourth-order valence-corrected chi connectivity index (χ4v) is 1.33. The van der Waals surface area contributed by atoms with Gasteiger partial charge in [0.05, 0.1) is 6.20 Å². The van der Waals surface area contributed by atoms with E-state index in [0.717, 1.165) is 0 Å². The Kier molecular flexibility index (Phi) is 5.32. The molecule has 0 aliphatic heterocycles. The van der Waals surface area contributed by atoms with Gasteiger partial charge in [0.15, 0.2) is 6.10 Å². The third kappa shape index (κ3) is 4.69. The lowest BCUT2D eigenvalue weighted by molar-refractivity contribution is -0.172. The zero-order valence-electron chi connectivity index (χ0n) is 10.5. The highest BCUT2D eigenvalue weighted by Crippen LogP contribution is 2.16. The van der Waals surface area contributed by atoms with Crippen LogP contribution in [-0.2, 0) is 4.79 Å². The van der Waals surface area contributed by atoms with E-state index in [-0.39, 0.29) is 16.7 Å². The molecule has 0 aliphatic rings. The Balaban J connectivity index is 2.71. The second-order valence-corrected chi connectivity index (χ2v) is 4.02. The second-order valence-electron chi connectivity index (χ2n) is 3.64. The zero-order valence-corrected chi connectivity index (χ0v) is 11.3. The highest BCUT2D eigenvalue weighted by Gasteiger charge is 2.39. The highest BCUT2D eigenvalue weighted by molar-refractivity contribution is 6.29. The first-order valence-corrected chi connectivity index (χ1v) is 5.75. The minimum absolute atomic E-state index is 0.248. The summed E-state index contributed by atoms with van der Waals surface area (Å²) in [6, 6.07) is 2.95. The topological polar surface area (TPSA) is 63.6 Å². The van der Waals surface area contributed by atoms with Gasteiger partial charge in [-0.3, -0.25) is 9.79 Å². The molecule has 0 aliphatic carbocycles. The molecule has 1 aromatic heterocycles. The standard InChI is InChI=1S/C11H11ClF3N3O2/c1-6(20-7-3-4-8(12)17-5-7)9(16-2)18-10(19)11(13,14)15/h3-6H,1-2H3,(H,16,18,19). The Hall–Kier alpha value is -1.83. The van der Waals surface area contributed by atoms with E-state index < -0.39 is 18.2 Å². The number of amides is 1. The molecule has 0 radical (unpaired) electrons. The Labute approximate surface area is 117 Å². The van der Waals surface area contributed by atoms with Gasteiger partial charge in [0, 0.05) is 7.05 Å². The first-order valence-electron chi connectivity index (χ1n) is 5.37.